The molecule has 0 aliphatic rings. The fraction of sp³-hybridized carbons (Fsp3) is 0.935. The topological polar surface area (TPSA) is 319 Å². The second kappa shape index (κ2) is 62.4. The van der Waals surface area contributed by atoms with Crippen molar-refractivity contribution in [3.8, 4) is 0 Å². The molecular weight excluding hydrogens is 1130 g/mol. The molecule has 0 heterocycles. The first kappa shape index (κ1) is 99.4. The Labute approximate surface area is 523 Å². The smallest absolute Gasteiger partial charge is 0.306 e. The lowest BCUT2D eigenvalue weighted by Crippen LogP contribution is -2.32. The van der Waals surface area contributed by atoms with Crippen LogP contribution in [0.2, 0.25) is 0 Å². The van der Waals surface area contributed by atoms with E-state index in [1.165, 1.54) is 42.5 Å². The van der Waals surface area contributed by atoms with Crippen molar-refractivity contribution in [2.45, 2.75) is 260 Å². The molecule has 0 fully saturated rings. The minimum absolute atomic E-state index is 0. The van der Waals surface area contributed by atoms with Gasteiger partial charge in [0.1, 0.15) is 26.4 Å². The Morgan fingerprint density at radius 1 is 0.395 bits per heavy atom. The number of aliphatic hydroxyl groups is 6. The van der Waals surface area contributed by atoms with Crippen LogP contribution >= 0.6 is 0 Å². The zero-order chi connectivity index (χ0) is 65.4. The van der Waals surface area contributed by atoms with Gasteiger partial charge >= 0.3 is 23.9 Å². The second-order valence-corrected chi connectivity index (χ2v) is 22.3. The summed E-state index contributed by atoms with van der Waals surface area (Å²) >= 11 is 0. The maximum absolute atomic E-state index is 12.0. The number of aliphatic hydroxyl groups excluding tert-OH is 6. The molecule has 6 N–H and O–H groups in total. The SMILES string of the molecule is C.C.C.C.CCC(CO)OC(CO)OC.CCC(CO)OC(COC(=O)CC(C)(C)C)OC.CCC(CO)OC(COC(=O)CC(C)(C)CC(C)(C)C)OC.CCC(CO)OC(COC(C)=O)OC.[2H]C(C)(C)CC(=O)OCC(OC)OC(CC)CO. The van der Waals surface area contributed by atoms with Crippen LogP contribution in [-0.4, -0.2) is 218 Å². The van der Waals surface area contributed by atoms with Crippen molar-refractivity contribution in [3.63, 3.8) is 0 Å². The third kappa shape index (κ3) is 65.7. The highest BCUT2D eigenvalue weighted by Crippen LogP contribution is 2.36. The van der Waals surface area contributed by atoms with Crippen LogP contribution in [0.5, 0.6) is 0 Å². The molecule has 0 aliphatic heterocycles. The monoisotopic (exact) mass is 1260 g/mol. The quantitative estimate of drug-likeness (QED) is 0.0190. The van der Waals surface area contributed by atoms with Crippen molar-refractivity contribution in [1.82, 2.24) is 0 Å². The lowest BCUT2D eigenvalue weighted by atomic mass is 9.74. The van der Waals surface area contributed by atoms with Crippen molar-refractivity contribution >= 4 is 23.9 Å². The summed E-state index contributed by atoms with van der Waals surface area (Å²) in [5, 5.41) is 53.3. The largest absolute Gasteiger partial charge is 0.460 e. The van der Waals surface area contributed by atoms with Crippen LogP contribution in [-0.2, 0) is 85.5 Å². The summed E-state index contributed by atoms with van der Waals surface area (Å²) in [4.78, 5) is 45.4. The lowest BCUT2D eigenvalue weighted by molar-refractivity contribution is -0.195. The predicted molar refractivity (Wildman–Crippen MR) is 335 cm³/mol. The Morgan fingerprint density at radius 3 is 0.860 bits per heavy atom. The van der Waals surface area contributed by atoms with Gasteiger partial charge in [-0.15, -0.1) is 0 Å². The summed E-state index contributed by atoms with van der Waals surface area (Å²) in [7, 11) is 7.32. The van der Waals surface area contributed by atoms with Crippen molar-refractivity contribution < 1.29 is 118 Å². The molecule has 0 bridgehead atoms. The molecule has 0 radical (unpaired) electrons. The maximum Gasteiger partial charge on any atom is 0.306 e. The van der Waals surface area contributed by atoms with E-state index in [0.29, 0.717) is 44.9 Å². The van der Waals surface area contributed by atoms with Crippen LogP contribution < -0.4 is 0 Å². The van der Waals surface area contributed by atoms with E-state index in [1.54, 1.807) is 13.8 Å². The van der Waals surface area contributed by atoms with Gasteiger partial charge in [0.05, 0.1) is 83.0 Å². The van der Waals surface area contributed by atoms with Crippen LogP contribution in [0.25, 0.3) is 0 Å². The molecule has 0 aromatic rings. The van der Waals surface area contributed by atoms with Crippen LogP contribution in [0.15, 0.2) is 0 Å². The fourth-order valence-corrected chi connectivity index (χ4v) is 6.67. The van der Waals surface area contributed by atoms with Crippen molar-refractivity contribution in [1.29, 1.82) is 0 Å². The number of hydrogen-bond acceptors (Lipinski definition) is 24. The number of esters is 4. The highest BCUT2D eigenvalue weighted by molar-refractivity contribution is 5.70. The van der Waals surface area contributed by atoms with E-state index in [0.717, 1.165) is 6.42 Å². The molecule has 0 rings (SSSR count). The normalized spacial score (nSPS) is 14.8. The molecule has 0 spiro atoms. The molecule has 0 aromatic carbocycles. The Balaban J connectivity index is -0.000000125. The van der Waals surface area contributed by atoms with Gasteiger partial charge in [-0.3, -0.25) is 19.2 Å². The van der Waals surface area contributed by atoms with Crippen LogP contribution in [0.3, 0.4) is 0 Å². The summed E-state index contributed by atoms with van der Waals surface area (Å²) in [6.07, 6.45) is 0.356. The average molecular weight is 1260 g/mol. The second-order valence-electron chi connectivity index (χ2n) is 22.3. The summed E-state index contributed by atoms with van der Waals surface area (Å²) in [5.41, 5.74) is -0.0508. The Kier molecular flexibility index (Phi) is 72.2. The van der Waals surface area contributed by atoms with E-state index in [-0.39, 0.29) is 167 Å². The Bertz CT molecular complexity index is 1460. The highest BCUT2D eigenvalue weighted by atomic mass is 16.7. The van der Waals surface area contributed by atoms with E-state index < -0.39 is 43.3 Å². The molecule has 10 atom stereocenters. The minimum Gasteiger partial charge on any atom is -0.460 e. The number of ether oxygens (including phenoxy) is 14. The summed E-state index contributed by atoms with van der Waals surface area (Å²) in [5.74, 6) is -2.22. The zero-order valence-corrected chi connectivity index (χ0v) is 54.2. The van der Waals surface area contributed by atoms with Gasteiger partial charge in [0, 0.05) is 50.3 Å². The number of carbonyl (C=O) groups is 4. The zero-order valence-electron chi connectivity index (χ0n) is 55.2. The summed E-state index contributed by atoms with van der Waals surface area (Å²) in [6, 6.07) is 0. The number of rotatable bonds is 40. The first-order valence-electron chi connectivity index (χ1n) is 28.7. The molecule has 0 saturated heterocycles. The van der Waals surface area contributed by atoms with Gasteiger partial charge in [-0.1, -0.05) is 134 Å². The van der Waals surface area contributed by atoms with E-state index in [1.807, 2.05) is 55.4 Å². The average Bonchev–Trinajstić information content (AvgIpc) is 3.41. The fourth-order valence-electron chi connectivity index (χ4n) is 6.67. The third-order valence-electron chi connectivity index (χ3n) is 10.8. The lowest BCUT2D eigenvalue weighted by Gasteiger charge is -2.31. The van der Waals surface area contributed by atoms with Gasteiger partial charge in [-0.25, -0.2) is 0 Å². The number of carbonyl (C=O) groups excluding carboxylic acids is 4. The van der Waals surface area contributed by atoms with Crippen molar-refractivity contribution in [2.75, 3.05) is 102 Å². The van der Waals surface area contributed by atoms with Gasteiger partial charge in [-0.2, -0.15) is 0 Å². The molecule has 0 amide bonds. The Hall–Kier alpha value is -2.76. The highest BCUT2D eigenvalue weighted by Gasteiger charge is 2.29. The van der Waals surface area contributed by atoms with Crippen LogP contribution in [0, 0.1) is 22.1 Å². The summed E-state index contributed by atoms with van der Waals surface area (Å²) in [6.45, 7) is 30.1. The number of methoxy groups -OCH3 is 5. The van der Waals surface area contributed by atoms with Gasteiger partial charge in [0.2, 0.25) is 0 Å². The first-order valence-corrected chi connectivity index (χ1v) is 28.2. The van der Waals surface area contributed by atoms with Gasteiger partial charge in [0.15, 0.2) is 31.5 Å². The molecule has 526 valence electrons. The van der Waals surface area contributed by atoms with Gasteiger partial charge < -0.3 is 97.0 Å². The molecule has 86 heavy (non-hydrogen) atoms. The molecular formula is C62H134O24. The standard InChI is InChI=1S/C17H34O5.C13H26O5.C12H24O5.C9H18O5.C7H16O4.4CH4/c1-8-13(10-18)22-15(20-7)11-21-14(19)9-17(5,6)12-16(2,3)4;1-6-10(8-14)18-12(16-5)9-17-11(15)7-13(2,3)4;1-5-10(7-13)17-12(15-4)8-16-11(14)6-9(2)3;1-4-8(5-10)14-9(12-3)6-13-7(2)11;1-3-6(4-8)11-7(5-9)10-2;;;;/h13,15,18H,8-12H2,1-7H3;10,12,14H,6-9H2,1-5H3;9-10,12-13H,5-8H2,1-4H3;8-10H,4-6H2,1-3H3;6-9H,3-5H2,1-2H3;4*1H4/i;;9D;;;;;;. The van der Waals surface area contributed by atoms with E-state index in [4.69, 9.17) is 98.3 Å². The molecule has 0 aromatic heterocycles. The first-order chi connectivity index (χ1) is 38.6. The van der Waals surface area contributed by atoms with Gasteiger partial charge in [-0.05, 0) is 60.7 Å². The third-order valence-corrected chi connectivity index (χ3v) is 10.8. The van der Waals surface area contributed by atoms with Crippen LogP contribution in [0.4, 0.5) is 0 Å². The van der Waals surface area contributed by atoms with Crippen molar-refractivity contribution in [3.05, 3.63) is 0 Å². The Morgan fingerprint density at radius 2 is 0.651 bits per heavy atom. The molecule has 24 nitrogen and oxygen atoms in total. The maximum atomic E-state index is 12.0. The molecule has 10 unspecified atom stereocenters. The van der Waals surface area contributed by atoms with Crippen LogP contribution in [0.1, 0.15) is 200 Å². The van der Waals surface area contributed by atoms with E-state index in [2.05, 4.69) is 34.6 Å². The van der Waals surface area contributed by atoms with Crippen molar-refractivity contribution in [2.24, 2.45) is 22.1 Å². The van der Waals surface area contributed by atoms with Gasteiger partial charge in [0.25, 0.3) is 0 Å². The molecule has 0 saturated carbocycles. The summed E-state index contributed by atoms with van der Waals surface area (Å²) < 4.78 is 79.2. The predicted octanol–water partition coefficient (Wildman–Crippen LogP) is 8.80. The van der Waals surface area contributed by atoms with E-state index >= 15 is 0 Å². The molecule has 0 aliphatic carbocycles. The van der Waals surface area contributed by atoms with E-state index in [9.17, 15) is 19.2 Å². The minimum atomic E-state index is -0.850. The number of hydrogen-bond donors (Lipinski definition) is 6. The molecule has 24 heteroatoms.